The van der Waals surface area contributed by atoms with Crippen molar-refractivity contribution in [2.45, 2.75) is 25.0 Å². The molecule has 0 radical (unpaired) electrons. The number of β-amino-alcohol motifs (C(OH)–C–C–N with tert-alkyl or cyclic N) is 1. The molecule has 6 nitrogen and oxygen atoms in total. The molecule has 20 heavy (non-hydrogen) atoms. The molecule has 2 heterocycles. The van der Waals surface area contributed by atoms with Gasteiger partial charge in [-0.1, -0.05) is 0 Å². The molecule has 1 aliphatic heterocycles. The first-order valence-electron chi connectivity index (χ1n) is 7.47. The van der Waals surface area contributed by atoms with Crippen molar-refractivity contribution in [2.24, 2.45) is 0 Å². The van der Waals surface area contributed by atoms with E-state index >= 15 is 0 Å². The van der Waals surface area contributed by atoms with Crippen LogP contribution in [0.25, 0.3) is 0 Å². The summed E-state index contributed by atoms with van der Waals surface area (Å²) < 4.78 is 0. The number of anilines is 1. The van der Waals surface area contributed by atoms with Crippen molar-refractivity contribution >= 4 is 5.95 Å². The number of nitrogens with one attached hydrogen (secondary N) is 1. The maximum Gasteiger partial charge on any atom is 0.225 e. The van der Waals surface area contributed by atoms with Crippen LogP contribution in [-0.2, 0) is 0 Å². The van der Waals surface area contributed by atoms with Crippen LogP contribution in [0.2, 0.25) is 0 Å². The largest absolute Gasteiger partial charge is 0.390 e. The van der Waals surface area contributed by atoms with E-state index < -0.39 is 0 Å². The summed E-state index contributed by atoms with van der Waals surface area (Å²) >= 11 is 0. The number of rotatable bonds is 6. The number of nitrogens with zero attached hydrogens (tertiary/aromatic N) is 4. The van der Waals surface area contributed by atoms with Crippen molar-refractivity contribution in [2.75, 3.05) is 44.2 Å². The van der Waals surface area contributed by atoms with Gasteiger partial charge in [-0.05, 0) is 18.9 Å². The summed E-state index contributed by atoms with van der Waals surface area (Å²) in [7, 11) is 0. The van der Waals surface area contributed by atoms with Crippen LogP contribution in [-0.4, -0.2) is 71.4 Å². The highest BCUT2D eigenvalue weighted by Gasteiger charge is 2.23. The van der Waals surface area contributed by atoms with Crippen LogP contribution in [0, 0.1) is 0 Å². The first-order valence-corrected chi connectivity index (χ1v) is 7.47. The Morgan fingerprint density at radius 1 is 1.20 bits per heavy atom. The molecule has 6 heteroatoms. The number of aromatic nitrogens is 2. The summed E-state index contributed by atoms with van der Waals surface area (Å²) in [5, 5.41) is 13.4. The van der Waals surface area contributed by atoms with Crippen LogP contribution < -0.4 is 10.2 Å². The van der Waals surface area contributed by atoms with Gasteiger partial charge in [0.2, 0.25) is 5.95 Å². The standard InChI is InChI=1S/C14H23N5O/c20-13(10-17-12-2-3-12)11-18-6-8-19(9-7-18)14-15-4-1-5-16-14/h1,4-5,12-13,17,20H,2-3,6-11H2. The maximum atomic E-state index is 10.0. The third-order valence-electron chi connectivity index (χ3n) is 3.90. The van der Waals surface area contributed by atoms with Gasteiger partial charge in [0.25, 0.3) is 0 Å². The van der Waals surface area contributed by atoms with Crippen LogP contribution in [0.1, 0.15) is 12.8 Å². The lowest BCUT2D eigenvalue weighted by Gasteiger charge is -2.35. The molecule has 2 aliphatic rings. The van der Waals surface area contributed by atoms with Gasteiger partial charge < -0.3 is 15.3 Å². The van der Waals surface area contributed by atoms with Gasteiger partial charge in [-0.25, -0.2) is 9.97 Å². The molecule has 0 bridgehead atoms. The smallest absolute Gasteiger partial charge is 0.225 e. The fourth-order valence-electron chi connectivity index (χ4n) is 2.54. The summed E-state index contributed by atoms with van der Waals surface area (Å²) in [6.45, 7) is 5.23. The van der Waals surface area contributed by atoms with Crippen LogP contribution >= 0.6 is 0 Å². The topological polar surface area (TPSA) is 64.5 Å². The molecule has 2 N–H and O–H groups in total. The molecule has 1 aromatic heterocycles. The molecule has 1 saturated heterocycles. The summed E-state index contributed by atoms with van der Waals surface area (Å²) in [4.78, 5) is 13.1. The first-order chi connectivity index (χ1) is 9.81. The van der Waals surface area contributed by atoms with Crippen molar-refractivity contribution in [3.8, 4) is 0 Å². The SMILES string of the molecule is OC(CNC1CC1)CN1CCN(c2ncccn2)CC1. The van der Waals surface area contributed by atoms with Crippen molar-refractivity contribution in [3.63, 3.8) is 0 Å². The van der Waals surface area contributed by atoms with Gasteiger partial charge in [0, 0.05) is 57.7 Å². The monoisotopic (exact) mass is 277 g/mol. The van der Waals surface area contributed by atoms with Crippen molar-refractivity contribution in [3.05, 3.63) is 18.5 Å². The molecule has 1 unspecified atom stereocenters. The zero-order valence-corrected chi connectivity index (χ0v) is 11.8. The Morgan fingerprint density at radius 2 is 1.90 bits per heavy atom. The lowest BCUT2D eigenvalue weighted by atomic mass is 10.2. The Balaban J connectivity index is 1.39. The molecule has 0 spiro atoms. The zero-order valence-electron chi connectivity index (χ0n) is 11.8. The van der Waals surface area contributed by atoms with E-state index in [0.717, 1.165) is 38.7 Å². The third kappa shape index (κ3) is 3.88. The summed E-state index contributed by atoms with van der Waals surface area (Å²) in [6, 6.07) is 2.50. The molecular weight excluding hydrogens is 254 g/mol. The molecule has 2 fully saturated rings. The van der Waals surface area contributed by atoms with Crippen molar-refractivity contribution in [1.82, 2.24) is 20.2 Å². The highest BCUT2D eigenvalue weighted by molar-refractivity contribution is 5.29. The number of piperazine rings is 1. The zero-order chi connectivity index (χ0) is 13.8. The number of aliphatic hydroxyl groups is 1. The minimum atomic E-state index is -0.268. The maximum absolute atomic E-state index is 10.0. The lowest BCUT2D eigenvalue weighted by Crippen LogP contribution is -2.50. The quantitative estimate of drug-likeness (QED) is 0.745. The van der Waals surface area contributed by atoms with E-state index in [2.05, 4.69) is 25.1 Å². The average Bonchev–Trinajstić information content (AvgIpc) is 3.31. The third-order valence-corrected chi connectivity index (χ3v) is 3.90. The van der Waals surface area contributed by atoms with Gasteiger partial charge in [-0.3, -0.25) is 4.90 Å². The van der Waals surface area contributed by atoms with E-state index in [4.69, 9.17) is 0 Å². The summed E-state index contributed by atoms with van der Waals surface area (Å²) in [6.07, 6.45) is 5.82. The predicted octanol–water partition coefficient (Wildman–Crippen LogP) is -0.288. The molecule has 1 saturated carbocycles. The Labute approximate surface area is 119 Å². The Hall–Kier alpha value is -1.24. The van der Waals surface area contributed by atoms with Gasteiger partial charge in [0.05, 0.1) is 6.10 Å². The average molecular weight is 277 g/mol. The minimum Gasteiger partial charge on any atom is -0.390 e. The van der Waals surface area contributed by atoms with E-state index in [1.807, 2.05) is 6.07 Å². The van der Waals surface area contributed by atoms with E-state index in [0.29, 0.717) is 12.6 Å². The van der Waals surface area contributed by atoms with E-state index in [9.17, 15) is 5.11 Å². The van der Waals surface area contributed by atoms with Crippen LogP contribution in [0.15, 0.2) is 18.5 Å². The summed E-state index contributed by atoms with van der Waals surface area (Å²) in [5.74, 6) is 0.808. The van der Waals surface area contributed by atoms with Gasteiger partial charge in [0.15, 0.2) is 0 Å². The number of aliphatic hydroxyl groups excluding tert-OH is 1. The minimum absolute atomic E-state index is 0.268. The molecule has 0 aromatic carbocycles. The Kier molecular flexibility index (Phi) is 4.44. The first kappa shape index (κ1) is 13.7. The molecule has 3 rings (SSSR count). The lowest BCUT2D eigenvalue weighted by molar-refractivity contribution is 0.107. The van der Waals surface area contributed by atoms with Gasteiger partial charge in [-0.15, -0.1) is 0 Å². The fourth-order valence-corrected chi connectivity index (χ4v) is 2.54. The van der Waals surface area contributed by atoms with Crippen LogP contribution in [0.4, 0.5) is 5.95 Å². The number of hydrogen-bond acceptors (Lipinski definition) is 6. The van der Waals surface area contributed by atoms with Crippen molar-refractivity contribution < 1.29 is 5.11 Å². The number of hydrogen-bond donors (Lipinski definition) is 2. The van der Waals surface area contributed by atoms with E-state index in [-0.39, 0.29) is 6.10 Å². The molecular formula is C14H23N5O. The normalized spacial score (nSPS) is 21.9. The molecule has 1 atom stereocenters. The van der Waals surface area contributed by atoms with Gasteiger partial charge in [0.1, 0.15) is 0 Å². The van der Waals surface area contributed by atoms with E-state index in [1.165, 1.54) is 12.8 Å². The van der Waals surface area contributed by atoms with Gasteiger partial charge >= 0.3 is 0 Å². The van der Waals surface area contributed by atoms with E-state index in [1.54, 1.807) is 12.4 Å². The fraction of sp³-hybridized carbons (Fsp3) is 0.714. The van der Waals surface area contributed by atoms with Gasteiger partial charge in [-0.2, -0.15) is 0 Å². The second-order valence-electron chi connectivity index (χ2n) is 5.67. The second kappa shape index (κ2) is 6.47. The Bertz CT molecular complexity index is 403. The highest BCUT2D eigenvalue weighted by atomic mass is 16.3. The predicted molar refractivity (Wildman–Crippen MR) is 77.7 cm³/mol. The van der Waals surface area contributed by atoms with Crippen molar-refractivity contribution in [1.29, 1.82) is 0 Å². The molecule has 1 aliphatic carbocycles. The highest BCUT2D eigenvalue weighted by Crippen LogP contribution is 2.18. The Morgan fingerprint density at radius 3 is 2.55 bits per heavy atom. The molecule has 1 aromatic rings. The molecule has 110 valence electrons. The van der Waals surface area contributed by atoms with Crippen LogP contribution in [0.5, 0.6) is 0 Å². The second-order valence-corrected chi connectivity index (χ2v) is 5.67. The summed E-state index contributed by atoms with van der Waals surface area (Å²) in [5.41, 5.74) is 0. The molecule has 0 amide bonds. The van der Waals surface area contributed by atoms with Crippen LogP contribution in [0.3, 0.4) is 0 Å².